The summed E-state index contributed by atoms with van der Waals surface area (Å²) in [6.07, 6.45) is 10.8. The minimum Gasteiger partial charge on any atom is -0.461 e. The molecule has 4 fully saturated rings. The molecule has 0 atom stereocenters. The van der Waals surface area contributed by atoms with Crippen LogP contribution in [0.25, 0.3) is 0 Å². The molecule has 4 saturated carbocycles. The minimum atomic E-state index is -0.393. The van der Waals surface area contributed by atoms with E-state index in [4.69, 9.17) is 4.74 Å². The smallest absolute Gasteiger partial charge is 0.357 e. The molecule has 7 heteroatoms. The second kappa shape index (κ2) is 9.25. The highest BCUT2D eigenvalue weighted by Gasteiger charge is 2.51. The van der Waals surface area contributed by atoms with Crippen LogP contribution in [0.1, 0.15) is 87.1 Å². The molecule has 1 N–H and O–H groups in total. The first-order chi connectivity index (χ1) is 14.5. The van der Waals surface area contributed by atoms with Gasteiger partial charge in [0.2, 0.25) is 0 Å². The molecule has 166 valence electrons. The van der Waals surface area contributed by atoms with Crippen LogP contribution >= 0.6 is 11.3 Å². The van der Waals surface area contributed by atoms with Crippen LogP contribution in [-0.2, 0) is 11.3 Å². The number of urea groups is 1. The van der Waals surface area contributed by atoms with Crippen LogP contribution in [0.3, 0.4) is 0 Å². The highest BCUT2D eigenvalue weighted by Crippen LogP contribution is 2.55. The predicted octanol–water partition coefficient (Wildman–Crippen LogP) is 4.99. The lowest BCUT2D eigenvalue weighted by Gasteiger charge is -2.57. The van der Waals surface area contributed by atoms with E-state index >= 15 is 0 Å². The van der Waals surface area contributed by atoms with Gasteiger partial charge in [-0.2, -0.15) is 0 Å². The number of esters is 1. The number of carbonyl (C=O) groups is 2. The van der Waals surface area contributed by atoms with E-state index in [1.807, 2.05) is 4.90 Å². The summed E-state index contributed by atoms with van der Waals surface area (Å²) in [5.41, 5.74) is 0.347. The maximum Gasteiger partial charge on any atom is 0.357 e. The van der Waals surface area contributed by atoms with Gasteiger partial charge in [-0.25, -0.2) is 14.6 Å². The second-order valence-electron chi connectivity index (χ2n) is 9.60. The second-order valence-corrected chi connectivity index (χ2v) is 10.5. The van der Waals surface area contributed by atoms with Gasteiger partial charge in [-0.1, -0.05) is 19.8 Å². The fraction of sp³-hybridized carbons (Fsp3) is 0.783. The zero-order valence-corrected chi connectivity index (χ0v) is 19.1. The van der Waals surface area contributed by atoms with E-state index in [0.29, 0.717) is 18.8 Å². The molecule has 4 bridgehead atoms. The third kappa shape index (κ3) is 4.82. The summed E-state index contributed by atoms with van der Waals surface area (Å²) >= 11 is 1.43. The Morgan fingerprint density at radius 2 is 1.83 bits per heavy atom. The normalized spacial score (nSPS) is 29.1. The van der Waals surface area contributed by atoms with E-state index in [2.05, 4.69) is 17.2 Å². The lowest BCUT2D eigenvalue weighted by molar-refractivity contribution is -0.0158. The molecule has 6 nitrogen and oxygen atoms in total. The summed E-state index contributed by atoms with van der Waals surface area (Å²) in [6.45, 7) is 5.47. The zero-order chi connectivity index (χ0) is 21.1. The summed E-state index contributed by atoms with van der Waals surface area (Å²) in [5.74, 6) is 2.01. The number of hydrogen-bond donors (Lipinski definition) is 1. The molecular weight excluding hydrogens is 398 g/mol. The quantitative estimate of drug-likeness (QED) is 0.440. The molecule has 1 aromatic heterocycles. The first-order valence-electron chi connectivity index (χ1n) is 11.7. The average Bonchev–Trinajstić information content (AvgIpc) is 3.15. The van der Waals surface area contributed by atoms with Gasteiger partial charge in [-0.05, 0) is 69.6 Å². The van der Waals surface area contributed by atoms with Crippen molar-refractivity contribution in [2.45, 2.75) is 83.7 Å². The summed E-state index contributed by atoms with van der Waals surface area (Å²) in [7, 11) is 0. The molecule has 5 rings (SSSR count). The Morgan fingerprint density at radius 3 is 2.43 bits per heavy atom. The number of aromatic nitrogens is 1. The van der Waals surface area contributed by atoms with Crippen molar-refractivity contribution < 1.29 is 14.3 Å². The van der Waals surface area contributed by atoms with Crippen LogP contribution in [0.5, 0.6) is 0 Å². The molecule has 0 unspecified atom stereocenters. The Hall–Kier alpha value is -1.63. The van der Waals surface area contributed by atoms with E-state index in [9.17, 15) is 9.59 Å². The van der Waals surface area contributed by atoms with E-state index in [0.717, 1.165) is 67.8 Å². The van der Waals surface area contributed by atoms with Gasteiger partial charge in [-0.15, -0.1) is 11.3 Å². The number of amides is 2. The minimum absolute atomic E-state index is 0.00775. The van der Waals surface area contributed by atoms with E-state index < -0.39 is 5.97 Å². The Morgan fingerprint density at radius 1 is 1.17 bits per heavy atom. The van der Waals surface area contributed by atoms with Crippen molar-refractivity contribution >= 4 is 23.3 Å². The van der Waals surface area contributed by atoms with Crippen LogP contribution in [0, 0.1) is 17.8 Å². The number of nitrogens with one attached hydrogen (secondary N) is 1. The Labute approximate surface area is 183 Å². The first-order valence-corrected chi connectivity index (χ1v) is 12.6. The molecule has 0 aromatic carbocycles. The van der Waals surface area contributed by atoms with Crippen molar-refractivity contribution in [3.8, 4) is 0 Å². The van der Waals surface area contributed by atoms with Gasteiger partial charge in [-0.3, -0.25) is 0 Å². The highest BCUT2D eigenvalue weighted by atomic mass is 32.1. The summed E-state index contributed by atoms with van der Waals surface area (Å²) in [5, 5.41) is 6.01. The van der Waals surface area contributed by atoms with Gasteiger partial charge in [0.1, 0.15) is 5.01 Å². The molecule has 0 saturated heterocycles. The fourth-order valence-electron chi connectivity index (χ4n) is 6.22. The zero-order valence-electron chi connectivity index (χ0n) is 18.3. The van der Waals surface area contributed by atoms with Gasteiger partial charge in [0.05, 0.1) is 13.2 Å². The number of rotatable bonds is 9. The molecule has 1 heterocycles. The van der Waals surface area contributed by atoms with Crippen molar-refractivity contribution in [3.63, 3.8) is 0 Å². The topological polar surface area (TPSA) is 71.5 Å². The number of thiazole rings is 1. The standard InChI is InChI=1S/C23H35N3O3S/c1-3-5-6-7-26(14-20-24-19(15-30-20)21(27)29-4-2)22(28)25-23-11-16-8-17(12-23)10-18(9-16)13-23/h15-18H,3-14H2,1-2H3,(H,25,28). The molecular formula is C23H35N3O3S. The van der Waals surface area contributed by atoms with E-state index in [-0.39, 0.29) is 11.6 Å². The first kappa shape index (κ1) is 21.6. The monoisotopic (exact) mass is 433 g/mol. The van der Waals surface area contributed by atoms with Crippen molar-refractivity contribution in [2.24, 2.45) is 17.8 Å². The van der Waals surface area contributed by atoms with Crippen LogP contribution in [0.4, 0.5) is 4.79 Å². The van der Waals surface area contributed by atoms with Crippen LogP contribution in [0.15, 0.2) is 5.38 Å². The van der Waals surface area contributed by atoms with Gasteiger partial charge in [0.25, 0.3) is 0 Å². The molecule has 30 heavy (non-hydrogen) atoms. The van der Waals surface area contributed by atoms with Gasteiger partial charge in [0.15, 0.2) is 5.69 Å². The van der Waals surface area contributed by atoms with E-state index in [1.54, 1.807) is 12.3 Å². The molecule has 0 spiro atoms. The molecule has 2 amide bonds. The molecule has 1 aromatic rings. The van der Waals surface area contributed by atoms with Crippen molar-refractivity contribution in [2.75, 3.05) is 13.2 Å². The SMILES string of the molecule is CCCCCN(Cc1nc(C(=O)OCC)cs1)C(=O)NC12CC3CC(CC(C3)C1)C2. The maximum absolute atomic E-state index is 13.4. The molecule has 0 aliphatic heterocycles. The van der Waals surface area contributed by atoms with Crippen molar-refractivity contribution in [3.05, 3.63) is 16.1 Å². The lowest BCUT2D eigenvalue weighted by atomic mass is 9.53. The summed E-state index contributed by atoms with van der Waals surface area (Å²) in [4.78, 5) is 31.6. The van der Waals surface area contributed by atoms with Gasteiger partial charge < -0.3 is 15.0 Å². The fourth-order valence-corrected chi connectivity index (χ4v) is 7.00. The number of carbonyl (C=O) groups excluding carboxylic acids is 2. The Bertz CT molecular complexity index is 727. The van der Waals surface area contributed by atoms with Crippen molar-refractivity contribution in [1.29, 1.82) is 0 Å². The Balaban J connectivity index is 1.42. The number of hydrogen-bond acceptors (Lipinski definition) is 5. The van der Waals surface area contributed by atoms with Crippen LogP contribution < -0.4 is 5.32 Å². The predicted molar refractivity (Wildman–Crippen MR) is 117 cm³/mol. The highest BCUT2D eigenvalue weighted by molar-refractivity contribution is 7.09. The van der Waals surface area contributed by atoms with Gasteiger partial charge >= 0.3 is 12.0 Å². The summed E-state index contributed by atoms with van der Waals surface area (Å²) < 4.78 is 5.04. The molecule has 4 aliphatic carbocycles. The largest absolute Gasteiger partial charge is 0.461 e. The Kier molecular flexibility index (Phi) is 6.66. The van der Waals surface area contributed by atoms with Crippen LogP contribution in [0.2, 0.25) is 0 Å². The third-order valence-electron chi connectivity index (χ3n) is 7.09. The number of ether oxygens (including phenoxy) is 1. The van der Waals surface area contributed by atoms with Crippen LogP contribution in [-0.4, -0.2) is 40.6 Å². The van der Waals surface area contributed by atoms with Crippen molar-refractivity contribution in [1.82, 2.24) is 15.2 Å². The summed E-state index contributed by atoms with van der Waals surface area (Å²) in [6, 6.07) is 0.0425. The molecule has 4 aliphatic rings. The molecule has 0 radical (unpaired) electrons. The number of nitrogens with zero attached hydrogens (tertiary/aromatic N) is 2. The maximum atomic E-state index is 13.4. The lowest BCUT2D eigenvalue weighted by Crippen LogP contribution is -2.61. The van der Waals surface area contributed by atoms with E-state index in [1.165, 1.54) is 30.6 Å². The average molecular weight is 434 g/mol. The third-order valence-corrected chi connectivity index (χ3v) is 7.93. The van der Waals surface area contributed by atoms with Gasteiger partial charge in [0, 0.05) is 17.5 Å². The number of unbranched alkanes of at least 4 members (excludes halogenated alkanes) is 2.